The number of nitro groups is 1. The predicted octanol–water partition coefficient (Wildman–Crippen LogP) is 3.57. The van der Waals surface area contributed by atoms with Crippen LogP contribution in [0.25, 0.3) is 5.69 Å². The summed E-state index contributed by atoms with van der Waals surface area (Å²) in [7, 11) is 0. The number of fused-ring (bicyclic) bond motifs is 1. The first-order valence-electron chi connectivity index (χ1n) is 10.0. The van der Waals surface area contributed by atoms with Gasteiger partial charge in [-0.2, -0.15) is 0 Å². The Bertz CT molecular complexity index is 1260. The number of nitrogens with zero attached hydrogens (tertiary/aromatic N) is 2. The van der Waals surface area contributed by atoms with Crippen molar-refractivity contribution in [3.05, 3.63) is 92.3 Å². The van der Waals surface area contributed by atoms with Crippen LogP contribution in [0.5, 0.6) is 0 Å². The van der Waals surface area contributed by atoms with E-state index in [1.54, 1.807) is 31.2 Å². The van der Waals surface area contributed by atoms with Crippen LogP contribution >= 0.6 is 0 Å². The molecule has 0 radical (unpaired) electrons. The Morgan fingerprint density at radius 1 is 1.16 bits per heavy atom. The number of non-ortho nitro benzene ring substituents is 1. The second kappa shape index (κ2) is 7.92. The van der Waals surface area contributed by atoms with Crippen LogP contribution in [-0.2, 0) is 16.0 Å². The van der Waals surface area contributed by atoms with Gasteiger partial charge in [-0.15, -0.1) is 0 Å². The number of nitro benzene ring substituents is 1. The summed E-state index contributed by atoms with van der Waals surface area (Å²) >= 11 is 0. The highest BCUT2D eigenvalue weighted by Gasteiger charge is 2.51. The number of ether oxygens (including phenoxy) is 1. The molecule has 1 aliphatic carbocycles. The average Bonchev–Trinajstić information content (AvgIpc) is 3.12. The van der Waals surface area contributed by atoms with E-state index in [4.69, 9.17) is 9.15 Å². The summed E-state index contributed by atoms with van der Waals surface area (Å²) < 4.78 is 12.7. The van der Waals surface area contributed by atoms with Gasteiger partial charge in [0.15, 0.2) is 11.4 Å². The second-order valence-corrected chi connectivity index (χ2v) is 7.71. The largest absolute Gasteiger partial charge is 0.447 e. The van der Waals surface area contributed by atoms with Gasteiger partial charge in [-0.05, 0) is 37.6 Å². The Labute approximate surface area is 182 Å². The minimum Gasteiger partial charge on any atom is -0.447 e. The first kappa shape index (κ1) is 21.2. The average molecular weight is 436 g/mol. The first-order valence-corrected chi connectivity index (χ1v) is 10.0. The lowest BCUT2D eigenvalue weighted by atomic mass is 9.74. The lowest BCUT2D eigenvalue weighted by molar-refractivity contribution is -0.384. The monoisotopic (exact) mass is 436 g/mol. The number of carbonyl (C=O) groups excluding carboxylic acids is 2. The molecule has 4 rings (SSSR count). The fraction of sp³-hybridized carbons (Fsp3) is 0.261. The molecule has 0 N–H and O–H groups in total. The number of carbonyl (C=O) groups is 2. The minimum absolute atomic E-state index is 0.0810. The number of rotatable bonds is 5. The maximum atomic E-state index is 12.8. The number of aromatic nitrogens is 1. The van der Waals surface area contributed by atoms with Gasteiger partial charge in [0.05, 0.1) is 27.8 Å². The van der Waals surface area contributed by atoms with E-state index in [9.17, 15) is 24.5 Å². The number of para-hydroxylation sites is 1. The van der Waals surface area contributed by atoms with Crippen LogP contribution in [0.1, 0.15) is 48.0 Å². The molecule has 9 nitrogen and oxygen atoms in total. The summed E-state index contributed by atoms with van der Waals surface area (Å²) in [6.45, 7) is 3.01. The molecule has 0 unspecified atom stereocenters. The number of esters is 1. The Kier molecular flexibility index (Phi) is 5.25. The van der Waals surface area contributed by atoms with E-state index in [0.717, 1.165) is 0 Å². The summed E-state index contributed by atoms with van der Waals surface area (Å²) in [6, 6.07) is 13.9. The highest BCUT2D eigenvalue weighted by Crippen LogP contribution is 2.43. The van der Waals surface area contributed by atoms with Crippen LogP contribution in [-0.4, -0.2) is 26.8 Å². The van der Waals surface area contributed by atoms with E-state index in [-0.39, 0.29) is 29.9 Å². The van der Waals surface area contributed by atoms with Crippen LogP contribution in [0.2, 0.25) is 0 Å². The molecule has 0 spiro atoms. The number of oxazole rings is 1. The molecule has 3 aromatic rings. The maximum Gasteiger partial charge on any atom is 0.424 e. The molecule has 9 heteroatoms. The lowest BCUT2D eigenvalue weighted by Crippen LogP contribution is -2.49. The van der Waals surface area contributed by atoms with E-state index < -0.39 is 28.2 Å². The van der Waals surface area contributed by atoms with Gasteiger partial charge in [-0.1, -0.05) is 25.1 Å². The topological polar surface area (TPSA) is 122 Å². The van der Waals surface area contributed by atoms with Crippen molar-refractivity contribution in [3.63, 3.8) is 0 Å². The summed E-state index contributed by atoms with van der Waals surface area (Å²) in [6.07, 6.45) is 0.453. The molecule has 0 bridgehead atoms. The molecular formula is C23H20N2O7. The molecule has 164 valence electrons. The van der Waals surface area contributed by atoms with Gasteiger partial charge in [-0.25, -0.2) is 14.2 Å². The standard InChI is InChI=1S/C23H20N2O7/c1-14-20-19(24(22(28)31-20)17-6-4-3-5-7-17)12-13-23(14,15(2)26)32-21(27)16-8-10-18(11-9-16)25(29)30/h3-11,14H,12-13H2,1-2H3/t14-,23-/m0/s1. The number of hydrogen-bond donors (Lipinski definition) is 0. The van der Waals surface area contributed by atoms with Gasteiger partial charge in [0.25, 0.3) is 5.69 Å². The highest BCUT2D eigenvalue weighted by atomic mass is 16.6. The third-order valence-electron chi connectivity index (χ3n) is 5.96. The number of ketones is 1. The fourth-order valence-electron chi connectivity index (χ4n) is 4.20. The van der Waals surface area contributed by atoms with Crippen molar-refractivity contribution < 1.29 is 23.7 Å². The smallest absolute Gasteiger partial charge is 0.424 e. The lowest BCUT2D eigenvalue weighted by Gasteiger charge is -2.38. The molecule has 0 saturated carbocycles. The number of hydrogen-bond acceptors (Lipinski definition) is 7. The Morgan fingerprint density at radius 3 is 2.41 bits per heavy atom. The maximum absolute atomic E-state index is 12.8. The zero-order valence-electron chi connectivity index (χ0n) is 17.4. The number of Topliss-reactive ketones (excluding diaryl/α,β-unsaturated/α-hetero) is 1. The summed E-state index contributed by atoms with van der Waals surface area (Å²) in [5.74, 6) is -2.13. The molecule has 0 amide bonds. The van der Waals surface area contributed by atoms with E-state index >= 15 is 0 Å². The van der Waals surface area contributed by atoms with E-state index in [2.05, 4.69) is 0 Å². The molecular weight excluding hydrogens is 416 g/mol. The second-order valence-electron chi connectivity index (χ2n) is 7.71. The third kappa shape index (κ3) is 3.41. The van der Waals surface area contributed by atoms with Gasteiger partial charge in [0.1, 0.15) is 5.76 Å². The van der Waals surface area contributed by atoms with Gasteiger partial charge < -0.3 is 9.15 Å². The van der Waals surface area contributed by atoms with Crippen molar-refractivity contribution in [2.75, 3.05) is 0 Å². The minimum atomic E-state index is -1.52. The summed E-state index contributed by atoms with van der Waals surface area (Å²) in [5.41, 5.74) is -0.324. The molecule has 1 aromatic heterocycles. The third-order valence-corrected chi connectivity index (χ3v) is 5.96. The normalized spacial score (nSPS) is 19.8. The Hall–Kier alpha value is -4.01. The Balaban J connectivity index is 1.69. The molecule has 1 aliphatic rings. The van der Waals surface area contributed by atoms with Gasteiger partial charge in [-0.3, -0.25) is 14.9 Å². The Morgan fingerprint density at radius 2 is 1.81 bits per heavy atom. The quantitative estimate of drug-likeness (QED) is 0.340. The zero-order chi connectivity index (χ0) is 23.0. The molecule has 0 fully saturated rings. The molecule has 1 heterocycles. The fourth-order valence-corrected chi connectivity index (χ4v) is 4.20. The molecule has 0 aliphatic heterocycles. The summed E-state index contributed by atoms with van der Waals surface area (Å²) in [4.78, 5) is 48.4. The SMILES string of the molecule is CC(=O)[C@]1(OC(=O)c2ccc([N+](=O)[O-])cc2)CCc2c(oc(=O)n2-c2ccccc2)[C@@H]1C. The van der Waals surface area contributed by atoms with Crippen LogP contribution < -0.4 is 5.76 Å². The van der Waals surface area contributed by atoms with Crippen molar-refractivity contribution in [1.29, 1.82) is 0 Å². The van der Waals surface area contributed by atoms with Crippen molar-refractivity contribution in [2.24, 2.45) is 0 Å². The van der Waals surface area contributed by atoms with Crippen LogP contribution in [0.4, 0.5) is 5.69 Å². The van der Waals surface area contributed by atoms with E-state index in [0.29, 0.717) is 17.1 Å². The molecule has 32 heavy (non-hydrogen) atoms. The van der Waals surface area contributed by atoms with Crippen molar-refractivity contribution in [2.45, 2.75) is 38.2 Å². The van der Waals surface area contributed by atoms with Crippen molar-refractivity contribution in [1.82, 2.24) is 4.57 Å². The van der Waals surface area contributed by atoms with Crippen molar-refractivity contribution >= 4 is 17.4 Å². The van der Waals surface area contributed by atoms with Gasteiger partial charge in [0.2, 0.25) is 0 Å². The van der Waals surface area contributed by atoms with E-state index in [1.807, 2.05) is 6.07 Å². The first-order chi connectivity index (χ1) is 15.2. The molecule has 0 saturated heterocycles. The van der Waals surface area contributed by atoms with Crippen molar-refractivity contribution in [3.8, 4) is 5.69 Å². The van der Waals surface area contributed by atoms with E-state index in [1.165, 1.54) is 35.8 Å². The molecule has 2 atom stereocenters. The van der Waals surface area contributed by atoms with Gasteiger partial charge >= 0.3 is 11.7 Å². The number of benzene rings is 2. The zero-order valence-corrected chi connectivity index (χ0v) is 17.4. The highest BCUT2D eigenvalue weighted by molar-refractivity contribution is 5.95. The van der Waals surface area contributed by atoms with Crippen LogP contribution in [0, 0.1) is 10.1 Å². The van der Waals surface area contributed by atoms with Crippen LogP contribution in [0.15, 0.2) is 63.8 Å². The van der Waals surface area contributed by atoms with Crippen LogP contribution in [0.3, 0.4) is 0 Å². The predicted molar refractivity (Wildman–Crippen MR) is 113 cm³/mol. The summed E-state index contributed by atoms with van der Waals surface area (Å²) in [5, 5.41) is 10.8. The van der Waals surface area contributed by atoms with Gasteiger partial charge in [0, 0.05) is 18.6 Å². The molecule has 2 aromatic carbocycles.